The lowest BCUT2D eigenvalue weighted by atomic mass is 10.1. The van der Waals surface area contributed by atoms with E-state index in [0.29, 0.717) is 0 Å². The van der Waals surface area contributed by atoms with Crippen LogP contribution in [0, 0.1) is 0 Å². The molecule has 0 radical (unpaired) electrons. The van der Waals surface area contributed by atoms with E-state index in [4.69, 9.17) is 0 Å². The molecule has 2 heteroatoms. The highest BCUT2D eigenvalue weighted by molar-refractivity contribution is 5.93. The first-order valence-electron chi connectivity index (χ1n) is 6.56. The van der Waals surface area contributed by atoms with Crippen molar-refractivity contribution in [3.63, 3.8) is 0 Å². The second-order valence-corrected chi connectivity index (χ2v) is 4.51. The lowest BCUT2D eigenvalue weighted by molar-refractivity contribution is 0.0792. The summed E-state index contributed by atoms with van der Waals surface area (Å²) in [4.78, 5) is 13.8. The molecular weight excluding hydrogens is 210 g/mol. The van der Waals surface area contributed by atoms with Crippen molar-refractivity contribution in [2.24, 2.45) is 0 Å². The van der Waals surface area contributed by atoms with E-state index in [0.717, 1.165) is 18.5 Å². The Bertz CT molecular complexity index is 321. The van der Waals surface area contributed by atoms with Crippen LogP contribution in [-0.2, 0) is 0 Å². The highest BCUT2D eigenvalue weighted by Gasteiger charge is 2.09. The minimum Gasteiger partial charge on any atom is -0.342 e. The lowest BCUT2D eigenvalue weighted by Gasteiger charge is -2.17. The summed E-state index contributed by atoms with van der Waals surface area (Å²) in [6.45, 7) is 3.07. The van der Waals surface area contributed by atoms with E-state index in [1.54, 1.807) is 0 Å². The van der Waals surface area contributed by atoms with E-state index in [-0.39, 0.29) is 5.91 Å². The summed E-state index contributed by atoms with van der Waals surface area (Å²) in [5.74, 6) is 0.126. The summed E-state index contributed by atoms with van der Waals surface area (Å²) in [5, 5.41) is 0. The Hall–Kier alpha value is -1.31. The molecule has 0 bridgehead atoms. The van der Waals surface area contributed by atoms with Crippen LogP contribution in [0.3, 0.4) is 0 Å². The van der Waals surface area contributed by atoms with E-state index >= 15 is 0 Å². The molecule has 1 amide bonds. The average Bonchev–Trinajstić information content (AvgIpc) is 2.38. The van der Waals surface area contributed by atoms with Gasteiger partial charge in [-0.3, -0.25) is 4.79 Å². The third kappa shape index (κ3) is 5.03. The number of hydrogen-bond donors (Lipinski definition) is 0. The van der Waals surface area contributed by atoms with Crippen LogP contribution in [0.5, 0.6) is 0 Å². The Kier molecular flexibility index (Phi) is 6.38. The van der Waals surface area contributed by atoms with Crippen molar-refractivity contribution in [2.75, 3.05) is 13.6 Å². The molecule has 0 spiro atoms. The van der Waals surface area contributed by atoms with Gasteiger partial charge in [0, 0.05) is 19.2 Å². The third-order valence-electron chi connectivity index (χ3n) is 2.96. The zero-order valence-corrected chi connectivity index (χ0v) is 11.0. The summed E-state index contributed by atoms with van der Waals surface area (Å²) >= 11 is 0. The van der Waals surface area contributed by atoms with Gasteiger partial charge >= 0.3 is 0 Å². The fourth-order valence-corrected chi connectivity index (χ4v) is 1.86. The Balaban J connectivity index is 2.28. The predicted molar refractivity (Wildman–Crippen MR) is 72.2 cm³/mol. The van der Waals surface area contributed by atoms with Gasteiger partial charge in [0.05, 0.1) is 0 Å². The van der Waals surface area contributed by atoms with Gasteiger partial charge < -0.3 is 4.90 Å². The summed E-state index contributed by atoms with van der Waals surface area (Å²) in [6, 6.07) is 9.48. The SMILES string of the molecule is CCCCCCCN(C)C(=O)c1ccccc1. The molecule has 0 aliphatic heterocycles. The maximum atomic E-state index is 12.0. The second-order valence-electron chi connectivity index (χ2n) is 4.51. The molecule has 0 N–H and O–H groups in total. The van der Waals surface area contributed by atoms with Crippen molar-refractivity contribution in [3.8, 4) is 0 Å². The highest BCUT2D eigenvalue weighted by Crippen LogP contribution is 2.06. The molecule has 0 unspecified atom stereocenters. The van der Waals surface area contributed by atoms with Gasteiger partial charge in [0.15, 0.2) is 0 Å². The zero-order chi connectivity index (χ0) is 12.5. The fourth-order valence-electron chi connectivity index (χ4n) is 1.86. The van der Waals surface area contributed by atoms with Crippen LogP contribution in [-0.4, -0.2) is 24.4 Å². The van der Waals surface area contributed by atoms with E-state index < -0.39 is 0 Å². The summed E-state index contributed by atoms with van der Waals surface area (Å²) in [7, 11) is 1.88. The van der Waals surface area contributed by atoms with Gasteiger partial charge in [-0.15, -0.1) is 0 Å². The molecule has 0 heterocycles. The van der Waals surface area contributed by atoms with E-state index in [1.807, 2.05) is 42.3 Å². The van der Waals surface area contributed by atoms with Crippen molar-refractivity contribution >= 4 is 5.91 Å². The van der Waals surface area contributed by atoms with Crippen LogP contribution in [0.15, 0.2) is 30.3 Å². The molecule has 1 aromatic carbocycles. The molecule has 0 aliphatic carbocycles. The molecule has 0 atom stereocenters. The third-order valence-corrected chi connectivity index (χ3v) is 2.96. The minimum atomic E-state index is 0.126. The van der Waals surface area contributed by atoms with Crippen molar-refractivity contribution in [1.29, 1.82) is 0 Å². The molecule has 0 fully saturated rings. The number of unbranched alkanes of at least 4 members (excludes halogenated alkanes) is 4. The highest BCUT2D eigenvalue weighted by atomic mass is 16.2. The number of amides is 1. The molecule has 17 heavy (non-hydrogen) atoms. The molecule has 1 aromatic rings. The smallest absolute Gasteiger partial charge is 0.253 e. The first-order chi connectivity index (χ1) is 8.25. The van der Waals surface area contributed by atoms with E-state index in [2.05, 4.69) is 6.92 Å². The number of benzene rings is 1. The average molecular weight is 233 g/mol. The first kappa shape index (κ1) is 13.8. The molecule has 2 nitrogen and oxygen atoms in total. The van der Waals surface area contributed by atoms with Gasteiger partial charge in [-0.1, -0.05) is 50.8 Å². The van der Waals surface area contributed by atoms with Crippen LogP contribution >= 0.6 is 0 Å². The number of carbonyl (C=O) groups is 1. The van der Waals surface area contributed by atoms with Gasteiger partial charge in [-0.25, -0.2) is 0 Å². The molecule has 0 aliphatic rings. The van der Waals surface area contributed by atoms with Gasteiger partial charge in [0.25, 0.3) is 5.91 Å². The van der Waals surface area contributed by atoms with Gasteiger partial charge in [-0.05, 0) is 18.6 Å². The van der Waals surface area contributed by atoms with Crippen LogP contribution in [0.1, 0.15) is 49.4 Å². The zero-order valence-electron chi connectivity index (χ0n) is 11.0. The topological polar surface area (TPSA) is 20.3 Å². The van der Waals surface area contributed by atoms with Crippen LogP contribution in [0.25, 0.3) is 0 Å². The van der Waals surface area contributed by atoms with Gasteiger partial charge in [0.1, 0.15) is 0 Å². The molecule has 1 rings (SSSR count). The van der Waals surface area contributed by atoms with Crippen LogP contribution < -0.4 is 0 Å². The van der Waals surface area contributed by atoms with E-state index in [1.165, 1.54) is 25.7 Å². The van der Waals surface area contributed by atoms with Gasteiger partial charge in [0.2, 0.25) is 0 Å². The van der Waals surface area contributed by atoms with Gasteiger partial charge in [-0.2, -0.15) is 0 Å². The summed E-state index contributed by atoms with van der Waals surface area (Å²) in [5.41, 5.74) is 0.781. The Morgan fingerprint density at radius 1 is 1.06 bits per heavy atom. The standard InChI is InChI=1S/C15H23NO/c1-3-4-5-6-10-13-16(2)15(17)14-11-8-7-9-12-14/h7-9,11-12H,3-6,10,13H2,1-2H3. The quantitative estimate of drug-likeness (QED) is 0.657. The molecule has 0 saturated heterocycles. The Morgan fingerprint density at radius 2 is 1.71 bits per heavy atom. The number of carbonyl (C=O) groups excluding carboxylic acids is 1. The normalized spacial score (nSPS) is 10.2. The van der Waals surface area contributed by atoms with Crippen molar-refractivity contribution in [2.45, 2.75) is 39.0 Å². The summed E-state index contributed by atoms with van der Waals surface area (Å²) < 4.78 is 0. The van der Waals surface area contributed by atoms with Crippen molar-refractivity contribution in [3.05, 3.63) is 35.9 Å². The molecular formula is C15H23NO. The minimum absolute atomic E-state index is 0.126. The first-order valence-corrected chi connectivity index (χ1v) is 6.56. The van der Waals surface area contributed by atoms with E-state index in [9.17, 15) is 4.79 Å². The van der Waals surface area contributed by atoms with Crippen molar-refractivity contribution in [1.82, 2.24) is 4.90 Å². The van der Waals surface area contributed by atoms with Crippen LogP contribution in [0.2, 0.25) is 0 Å². The maximum Gasteiger partial charge on any atom is 0.253 e. The lowest BCUT2D eigenvalue weighted by Crippen LogP contribution is -2.27. The molecule has 0 saturated carbocycles. The number of nitrogens with zero attached hydrogens (tertiary/aromatic N) is 1. The summed E-state index contributed by atoms with van der Waals surface area (Å²) in [6.07, 6.45) is 6.17. The number of rotatable bonds is 7. The predicted octanol–water partition coefficient (Wildman–Crippen LogP) is 3.73. The monoisotopic (exact) mass is 233 g/mol. The Labute approximate surface area is 105 Å². The largest absolute Gasteiger partial charge is 0.342 e. The maximum absolute atomic E-state index is 12.0. The molecule has 94 valence electrons. The second kappa shape index (κ2) is 7.88. The Morgan fingerprint density at radius 3 is 2.35 bits per heavy atom. The van der Waals surface area contributed by atoms with Crippen molar-refractivity contribution < 1.29 is 4.79 Å². The number of hydrogen-bond acceptors (Lipinski definition) is 1. The van der Waals surface area contributed by atoms with Crippen LogP contribution in [0.4, 0.5) is 0 Å². The fraction of sp³-hybridized carbons (Fsp3) is 0.533. The molecule has 0 aromatic heterocycles.